The Morgan fingerprint density at radius 1 is 1.22 bits per heavy atom. The quantitative estimate of drug-likeness (QED) is 0.563. The summed E-state index contributed by atoms with van der Waals surface area (Å²) in [7, 11) is -4.57. The first-order valence-electron chi connectivity index (χ1n) is 4.27. The first kappa shape index (κ1) is 15.8. The average molecular weight is 314 g/mol. The van der Waals surface area contributed by atoms with Crippen LogP contribution in [-0.2, 0) is 10.3 Å². The van der Waals surface area contributed by atoms with E-state index < -0.39 is 10.3 Å². The molecule has 2 aromatic rings. The van der Waals surface area contributed by atoms with Crippen molar-refractivity contribution in [2.75, 3.05) is 4.72 Å². The van der Waals surface area contributed by atoms with Gasteiger partial charge in [-0.05, 0) is 12.1 Å². The zero-order valence-corrected chi connectivity index (χ0v) is 13.5. The van der Waals surface area contributed by atoms with Crippen molar-refractivity contribution in [1.29, 1.82) is 0 Å². The second-order valence-corrected chi connectivity index (χ2v) is 5.50. The zero-order chi connectivity index (χ0) is 12.5. The molecular formula is C8H5ClN3NaO3S2. The van der Waals surface area contributed by atoms with Crippen LogP contribution in [0.1, 0.15) is 0 Å². The summed E-state index contributed by atoms with van der Waals surface area (Å²) in [6, 6.07) is 6.79. The fourth-order valence-electron chi connectivity index (χ4n) is 1.08. The van der Waals surface area contributed by atoms with Gasteiger partial charge in [0.2, 0.25) is 5.13 Å². The number of nitrogens with zero attached hydrogens (tertiary/aromatic N) is 2. The normalized spacial score (nSPS) is 10.8. The second-order valence-electron chi connectivity index (χ2n) is 2.98. The molecule has 1 aromatic carbocycles. The van der Waals surface area contributed by atoms with Crippen molar-refractivity contribution in [2.45, 2.75) is 0 Å². The van der Waals surface area contributed by atoms with E-state index in [0.717, 1.165) is 16.9 Å². The standard InChI is InChI=1S/C8H6ClN3O3S2.Na/c9-6-3-1-5(2-4-6)7-10-11-8(16-7)12-17(13,14)15;/h1-4H,(H,11,12)(H,13,14,15);/q;+1/p-1. The summed E-state index contributed by atoms with van der Waals surface area (Å²) in [5.74, 6) is 0. The summed E-state index contributed by atoms with van der Waals surface area (Å²) in [5, 5.41) is 8.32. The number of rotatable bonds is 3. The van der Waals surface area contributed by atoms with Crippen LogP contribution in [0.3, 0.4) is 0 Å². The SMILES string of the molecule is O=S(=O)([O-])Nc1nnc(-c2ccc(Cl)cc2)s1.[Na+]. The van der Waals surface area contributed by atoms with Crippen molar-refractivity contribution in [3.63, 3.8) is 0 Å². The summed E-state index contributed by atoms with van der Waals surface area (Å²) in [6.45, 7) is 0. The maximum Gasteiger partial charge on any atom is 1.00 e. The van der Waals surface area contributed by atoms with Gasteiger partial charge in [-0.15, -0.1) is 10.2 Å². The average Bonchev–Trinajstić information content (AvgIpc) is 2.64. The minimum atomic E-state index is -4.57. The van der Waals surface area contributed by atoms with Gasteiger partial charge in [-0.25, -0.2) is 8.42 Å². The minimum Gasteiger partial charge on any atom is -0.731 e. The maximum atomic E-state index is 10.4. The number of hydrogen-bond acceptors (Lipinski definition) is 6. The molecule has 0 unspecified atom stereocenters. The molecule has 0 aliphatic carbocycles. The largest absolute Gasteiger partial charge is 1.00 e. The van der Waals surface area contributed by atoms with Crippen molar-refractivity contribution >= 4 is 38.4 Å². The van der Waals surface area contributed by atoms with Gasteiger partial charge in [0.25, 0.3) is 0 Å². The Bertz CT molecular complexity index is 629. The van der Waals surface area contributed by atoms with Crippen molar-refractivity contribution in [3.8, 4) is 10.6 Å². The van der Waals surface area contributed by atoms with E-state index in [1.165, 1.54) is 0 Å². The van der Waals surface area contributed by atoms with Crippen LogP contribution >= 0.6 is 22.9 Å². The van der Waals surface area contributed by atoms with E-state index in [-0.39, 0.29) is 34.7 Å². The monoisotopic (exact) mass is 313 g/mol. The number of benzene rings is 1. The Balaban J connectivity index is 0.00000162. The van der Waals surface area contributed by atoms with Crippen LogP contribution in [-0.4, -0.2) is 23.2 Å². The molecular weight excluding hydrogens is 309 g/mol. The molecule has 18 heavy (non-hydrogen) atoms. The molecule has 0 aliphatic rings. The summed E-state index contributed by atoms with van der Waals surface area (Å²) < 4.78 is 33.1. The first-order valence-corrected chi connectivity index (χ1v) is 6.87. The Morgan fingerprint density at radius 3 is 2.39 bits per heavy atom. The molecule has 0 amide bonds. The number of hydrogen-bond donors (Lipinski definition) is 1. The van der Waals surface area contributed by atoms with E-state index in [1.807, 2.05) is 0 Å². The van der Waals surface area contributed by atoms with Crippen molar-refractivity contribution in [1.82, 2.24) is 10.2 Å². The van der Waals surface area contributed by atoms with Gasteiger partial charge in [-0.2, -0.15) is 0 Å². The van der Waals surface area contributed by atoms with Crippen LogP contribution < -0.4 is 34.3 Å². The first-order chi connectivity index (χ1) is 7.94. The van der Waals surface area contributed by atoms with Gasteiger partial charge in [-0.1, -0.05) is 35.1 Å². The van der Waals surface area contributed by atoms with Crippen molar-refractivity contribution < 1.29 is 42.5 Å². The molecule has 0 saturated carbocycles. The van der Waals surface area contributed by atoms with Crippen LogP contribution in [0, 0.1) is 0 Å². The molecule has 2 rings (SSSR count). The third-order valence-corrected chi connectivity index (χ3v) is 3.44. The fraction of sp³-hybridized carbons (Fsp3) is 0. The van der Waals surface area contributed by atoms with Crippen LogP contribution in [0.4, 0.5) is 5.13 Å². The van der Waals surface area contributed by atoms with Gasteiger partial charge < -0.3 is 4.55 Å². The number of nitrogens with one attached hydrogen (secondary N) is 1. The maximum absolute atomic E-state index is 10.4. The Kier molecular flexibility index (Phi) is 5.53. The third kappa shape index (κ3) is 4.47. The topological polar surface area (TPSA) is 95.0 Å². The molecule has 0 aliphatic heterocycles. The molecule has 0 fully saturated rings. The number of halogens is 1. The molecule has 1 aromatic heterocycles. The van der Waals surface area contributed by atoms with Crippen LogP contribution in [0.25, 0.3) is 10.6 Å². The Morgan fingerprint density at radius 2 is 1.83 bits per heavy atom. The second kappa shape index (κ2) is 6.29. The smallest absolute Gasteiger partial charge is 0.731 e. The summed E-state index contributed by atoms with van der Waals surface area (Å²) >= 11 is 6.69. The molecule has 90 valence electrons. The van der Waals surface area contributed by atoms with E-state index in [4.69, 9.17) is 11.6 Å². The van der Waals surface area contributed by atoms with Crippen molar-refractivity contribution in [2.24, 2.45) is 0 Å². The number of anilines is 1. The molecule has 1 heterocycles. The van der Waals surface area contributed by atoms with Gasteiger partial charge in [0.1, 0.15) is 5.01 Å². The third-order valence-electron chi connectivity index (χ3n) is 1.73. The van der Waals surface area contributed by atoms with Crippen LogP contribution in [0.5, 0.6) is 0 Å². The van der Waals surface area contributed by atoms with Gasteiger partial charge in [0.15, 0.2) is 10.3 Å². The molecule has 10 heteroatoms. The van der Waals surface area contributed by atoms with Gasteiger partial charge in [0.05, 0.1) is 0 Å². The van der Waals surface area contributed by atoms with Gasteiger partial charge in [-0.3, -0.25) is 4.72 Å². The Hall–Kier alpha value is -0.220. The minimum absolute atomic E-state index is 0. The summed E-state index contributed by atoms with van der Waals surface area (Å²) in [6.07, 6.45) is 0. The van der Waals surface area contributed by atoms with Gasteiger partial charge in [0, 0.05) is 10.6 Å². The fourth-order valence-corrected chi connectivity index (χ4v) is 2.53. The predicted octanol–water partition coefficient (Wildman–Crippen LogP) is -1.27. The van der Waals surface area contributed by atoms with E-state index in [9.17, 15) is 13.0 Å². The Labute approximate surface area is 135 Å². The molecule has 0 radical (unpaired) electrons. The van der Waals surface area contributed by atoms with E-state index in [2.05, 4.69) is 10.2 Å². The zero-order valence-electron chi connectivity index (χ0n) is 9.12. The summed E-state index contributed by atoms with van der Waals surface area (Å²) in [4.78, 5) is 0. The molecule has 0 spiro atoms. The molecule has 0 bridgehead atoms. The predicted molar refractivity (Wildman–Crippen MR) is 63.7 cm³/mol. The van der Waals surface area contributed by atoms with E-state index in [0.29, 0.717) is 10.0 Å². The van der Waals surface area contributed by atoms with Crippen LogP contribution in [0.15, 0.2) is 24.3 Å². The molecule has 0 saturated heterocycles. The summed E-state index contributed by atoms with van der Waals surface area (Å²) in [5.41, 5.74) is 0.739. The van der Waals surface area contributed by atoms with E-state index in [1.54, 1.807) is 29.0 Å². The van der Waals surface area contributed by atoms with Crippen LogP contribution in [0.2, 0.25) is 5.02 Å². The van der Waals surface area contributed by atoms with Gasteiger partial charge >= 0.3 is 29.6 Å². The number of aromatic nitrogens is 2. The molecule has 0 atom stereocenters. The van der Waals surface area contributed by atoms with Crippen molar-refractivity contribution in [3.05, 3.63) is 29.3 Å². The molecule has 6 nitrogen and oxygen atoms in total. The molecule has 1 N–H and O–H groups in total. The van der Waals surface area contributed by atoms with E-state index >= 15 is 0 Å².